The Morgan fingerprint density at radius 2 is 2.25 bits per heavy atom. The maximum Gasteiger partial charge on any atom is 0.408 e. The molecule has 0 aromatic carbocycles. The minimum atomic E-state index is -0.991. The number of rotatable bonds is 5. The summed E-state index contributed by atoms with van der Waals surface area (Å²) in [6, 6.07) is 3.00. The molecule has 0 aliphatic heterocycles. The third-order valence-electron chi connectivity index (χ3n) is 2.31. The lowest BCUT2D eigenvalue weighted by Crippen LogP contribution is -2.46. The maximum absolute atomic E-state index is 11.6. The molecule has 1 rings (SSSR count). The molecule has 3 N–H and O–H groups in total. The van der Waals surface area contributed by atoms with Gasteiger partial charge in [0.2, 0.25) is 0 Å². The van der Waals surface area contributed by atoms with Crippen molar-refractivity contribution in [1.82, 2.24) is 5.32 Å². The van der Waals surface area contributed by atoms with E-state index < -0.39 is 23.8 Å². The van der Waals surface area contributed by atoms with Crippen molar-refractivity contribution in [2.24, 2.45) is 0 Å². The number of aliphatic hydroxyl groups is 2. The van der Waals surface area contributed by atoms with Crippen LogP contribution in [-0.4, -0.2) is 40.7 Å². The fourth-order valence-corrected chi connectivity index (χ4v) is 2.04. The standard InChI is InChI=1S/C14H21NO4S/c1-14(2,3)19-13(18)15-11(9-16)12(17)7-6-10-5-4-8-20-10/h4-8,11-12,16-17H,9H2,1-3H3,(H,15,18)/b7-6+/t11-,12+/m0/s1. The first kappa shape index (κ1) is 16.7. The lowest BCUT2D eigenvalue weighted by molar-refractivity contribution is 0.0406. The van der Waals surface area contributed by atoms with Gasteiger partial charge in [0, 0.05) is 4.88 Å². The summed E-state index contributed by atoms with van der Waals surface area (Å²) in [4.78, 5) is 12.6. The molecule has 0 saturated heterocycles. The fourth-order valence-electron chi connectivity index (χ4n) is 1.41. The van der Waals surface area contributed by atoms with E-state index in [0.29, 0.717) is 0 Å². The van der Waals surface area contributed by atoms with E-state index in [9.17, 15) is 15.0 Å². The highest BCUT2D eigenvalue weighted by Crippen LogP contribution is 2.12. The zero-order chi connectivity index (χ0) is 15.2. The van der Waals surface area contributed by atoms with Crippen molar-refractivity contribution in [3.05, 3.63) is 28.5 Å². The fraction of sp³-hybridized carbons (Fsp3) is 0.500. The van der Waals surface area contributed by atoms with Crippen LogP contribution in [0.4, 0.5) is 4.79 Å². The van der Waals surface area contributed by atoms with Gasteiger partial charge >= 0.3 is 6.09 Å². The highest BCUT2D eigenvalue weighted by atomic mass is 32.1. The predicted octanol–water partition coefficient (Wildman–Crippen LogP) is 2.01. The number of ether oxygens (including phenoxy) is 1. The second kappa shape index (κ2) is 7.42. The zero-order valence-corrected chi connectivity index (χ0v) is 12.7. The topological polar surface area (TPSA) is 78.8 Å². The van der Waals surface area contributed by atoms with Crippen LogP contribution in [0.3, 0.4) is 0 Å². The van der Waals surface area contributed by atoms with E-state index in [1.807, 2.05) is 17.5 Å². The van der Waals surface area contributed by atoms with E-state index in [-0.39, 0.29) is 6.61 Å². The molecule has 112 valence electrons. The van der Waals surface area contributed by atoms with E-state index in [0.717, 1.165) is 4.88 Å². The summed E-state index contributed by atoms with van der Waals surface area (Å²) in [7, 11) is 0. The molecule has 5 nitrogen and oxygen atoms in total. The summed E-state index contributed by atoms with van der Waals surface area (Å²) in [5.41, 5.74) is -0.623. The Morgan fingerprint density at radius 1 is 1.55 bits per heavy atom. The number of carbonyl (C=O) groups excluding carboxylic acids is 1. The molecule has 1 amide bonds. The molecule has 2 atom stereocenters. The number of carbonyl (C=O) groups is 1. The number of amides is 1. The van der Waals surface area contributed by atoms with Crippen LogP contribution in [0.25, 0.3) is 6.08 Å². The van der Waals surface area contributed by atoms with Gasteiger partial charge in [-0.25, -0.2) is 4.79 Å². The summed E-state index contributed by atoms with van der Waals surface area (Å²) in [5.74, 6) is 0. The van der Waals surface area contributed by atoms with Crippen molar-refractivity contribution in [3.63, 3.8) is 0 Å². The van der Waals surface area contributed by atoms with Crippen molar-refractivity contribution in [3.8, 4) is 0 Å². The predicted molar refractivity (Wildman–Crippen MR) is 79.6 cm³/mol. The first-order valence-corrected chi connectivity index (χ1v) is 7.20. The Bertz CT molecular complexity index is 437. The van der Waals surface area contributed by atoms with Crippen LogP contribution in [0, 0.1) is 0 Å². The molecule has 0 spiro atoms. The Labute approximate surface area is 122 Å². The maximum atomic E-state index is 11.6. The summed E-state index contributed by atoms with van der Waals surface area (Å²) in [5, 5.41) is 23.6. The summed E-state index contributed by atoms with van der Waals surface area (Å²) < 4.78 is 5.08. The molecule has 0 unspecified atom stereocenters. The Balaban J connectivity index is 2.54. The lowest BCUT2D eigenvalue weighted by atomic mass is 10.1. The van der Waals surface area contributed by atoms with Crippen molar-refractivity contribution in [2.75, 3.05) is 6.61 Å². The second-order valence-corrected chi connectivity index (χ2v) is 6.28. The Morgan fingerprint density at radius 3 is 2.75 bits per heavy atom. The minimum Gasteiger partial charge on any atom is -0.444 e. The SMILES string of the molecule is CC(C)(C)OC(=O)N[C@@H](CO)[C@H](O)/C=C/c1cccs1. The molecule has 1 heterocycles. The van der Waals surface area contributed by atoms with Crippen LogP contribution >= 0.6 is 11.3 Å². The quantitative estimate of drug-likeness (QED) is 0.777. The number of hydrogen-bond acceptors (Lipinski definition) is 5. The van der Waals surface area contributed by atoms with Crippen LogP contribution in [0.5, 0.6) is 0 Å². The second-order valence-electron chi connectivity index (χ2n) is 5.30. The summed E-state index contributed by atoms with van der Waals surface area (Å²) >= 11 is 1.53. The molecule has 1 aromatic heterocycles. The third kappa shape index (κ3) is 6.18. The van der Waals surface area contributed by atoms with Crippen molar-refractivity contribution >= 4 is 23.5 Å². The molecule has 0 bridgehead atoms. The normalized spacial score (nSPS) is 15.1. The molecule has 20 heavy (non-hydrogen) atoms. The molecule has 0 fully saturated rings. The number of thiophene rings is 1. The number of alkyl carbamates (subject to hydrolysis) is 1. The number of hydrogen-bond donors (Lipinski definition) is 3. The van der Waals surface area contributed by atoms with Gasteiger partial charge in [0.15, 0.2) is 0 Å². The average Bonchev–Trinajstić information content (AvgIpc) is 2.83. The van der Waals surface area contributed by atoms with E-state index in [1.54, 1.807) is 26.8 Å². The lowest BCUT2D eigenvalue weighted by Gasteiger charge is -2.24. The number of nitrogens with one attached hydrogen (secondary N) is 1. The molecular formula is C14H21NO4S. The van der Waals surface area contributed by atoms with Crippen molar-refractivity contribution in [2.45, 2.75) is 38.5 Å². The number of aliphatic hydroxyl groups excluding tert-OH is 2. The van der Waals surface area contributed by atoms with Gasteiger partial charge in [0.1, 0.15) is 5.60 Å². The highest BCUT2D eigenvalue weighted by Gasteiger charge is 2.22. The van der Waals surface area contributed by atoms with E-state index >= 15 is 0 Å². The van der Waals surface area contributed by atoms with Gasteiger partial charge in [-0.15, -0.1) is 11.3 Å². The van der Waals surface area contributed by atoms with Crippen molar-refractivity contribution < 1.29 is 19.7 Å². The molecule has 6 heteroatoms. The molecular weight excluding hydrogens is 278 g/mol. The van der Waals surface area contributed by atoms with Crippen LogP contribution in [-0.2, 0) is 4.74 Å². The van der Waals surface area contributed by atoms with Gasteiger partial charge in [-0.2, -0.15) is 0 Å². The smallest absolute Gasteiger partial charge is 0.408 e. The van der Waals surface area contributed by atoms with Gasteiger partial charge in [0.05, 0.1) is 18.8 Å². The Hall–Kier alpha value is -1.37. The Kier molecular flexibility index (Phi) is 6.19. The van der Waals surface area contributed by atoms with Gasteiger partial charge in [-0.05, 0) is 38.3 Å². The average molecular weight is 299 g/mol. The van der Waals surface area contributed by atoms with Crippen molar-refractivity contribution in [1.29, 1.82) is 0 Å². The minimum absolute atomic E-state index is 0.380. The zero-order valence-electron chi connectivity index (χ0n) is 11.9. The summed E-state index contributed by atoms with van der Waals surface area (Å²) in [6.07, 6.45) is 1.62. The van der Waals surface area contributed by atoms with Gasteiger partial charge in [0.25, 0.3) is 0 Å². The van der Waals surface area contributed by atoms with Crippen LogP contribution in [0.2, 0.25) is 0 Å². The monoisotopic (exact) mass is 299 g/mol. The van der Waals surface area contributed by atoms with E-state index in [4.69, 9.17) is 4.74 Å². The van der Waals surface area contributed by atoms with E-state index in [1.165, 1.54) is 17.4 Å². The largest absolute Gasteiger partial charge is 0.444 e. The molecule has 0 aliphatic carbocycles. The van der Waals surface area contributed by atoms with Crippen LogP contribution in [0.1, 0.15) is 25.6 Å². The first-order chi connectivity index (χ1) is 9.31. The van der Waals surface area contributed by atoms with Gasteiger partial charge < -0.3 is 20.3 Å². The molecule has 0 aliphatic rings. The van der Waals surface area contributed by atoms with Crippen LogP contribution in [0.15, 0.2) is 23.6 Å². The molecule has 0 saturated carbocycles. The molecule has 1 aromatic rings. The highest BCUT2D eigenvalue weighted by molar-refractivity contribution is 7.10. The van der Waals surface area contributed by atoms with Crippen LogP contribution < -0.4 is 5.32 Å². The van der Waals surface area contributed by atoms with Gasteiger partial charge in [-0.1, -0.05) is 12.1 Å². The first-order valence-electron chi connectivity index (χ1n) is 6.32. The van der Waals surface area contributed by atoms with Gasteiger partial charge in [-0.3, -0.25) is 0 Å². The third-order valence-corrected chi connectivity index (χ3v) is 3.15. The molecule has 0 radical (unpaired) electrons. The van der Waals surface area contributed by atoms with E-state index in [2.05, 4.69) is 5.32 Å². The summed E-state index contributed by atoms with van der Waals surface area (Å²) in [6.45, 7) is 4.85.